The summed E-state index contributed by atoms with van der Waals surface area (Å²) < 4.78 is 5.34. The van der Waals surface area contributed by atoms with Gasteiger partial charge in [-0.15, -0.1) is 0 Å². The molecule has 2 N–H and O–H groups in total. The van der Waals surface area contributed by atoms with Gasteiger partial charge in [-0.25, -0.2) is 0 Å². The lowest BCUT2D eigenvalue weighted by Crippen LogP contribution is -2.49. The van der Waals surface area contributed by atoms with E-state index in [2.05, 4.69) is 15.8 Å². The zero-order valence-corrected chi connectivity index (χ0v) is 16.8. The Labute approximate surface area is 170 Å². The lowest BCUT2D eigenvalue weighted by Gasteiger charge is -2.19. The molecule has 1 heterocycles. The molecule has 2 aromatic carbocycles. The Bertz CT molecular complexity index is 980. The molecular formula is C23H25N3O3. The Balaban J connectivity index is 1.76. The van der Waals surface area contributed by atoms with Crippen molar-refractivity contribution in [2.24, 2.45) is 0 Å². The highest BCUT2D eigenvalue weighted by atomic mass is 16.5. The average Bonchev–Trinajstić information content (AvgIpc) is 3.18. The van der Waals surface area contributed by atoms with Gasteiger partial charge in [0.2, 0.25) is 5.91 Å². The highest BCUT2D eigenvalue weighted by molar-refractivity contribution is 5.96. The fraction of sp³-hybridized carbons (Fsp3) is 0.261. The van der Waals surface area contributed by atoms with Crippen molar-refractivity contribution in [3.63, 3.8) is 0 Å². The van der Waals surface area contributed by atoms with E-state index in [1.54, 1.807) is 6.07 Å². The predicted octanol–water partition coefficient (Wildman–Crippen LogP) is 3.52. The van der Waals surface area contributed by atoms with Crippen LogP contribution in [0.5, 0.6) is 0 Å². The molecule has 1 atom stereocenters. The summed E-state index contributed by atoms with van der Waals surface area (Å²) in [6.07, 6.45) is 0.383. The van der Waals surface area contributed by atoms with Crippen molar-refractivity contribution in [1.82, 2.24) is 15.8 Å². The predicted molar refractivity (Wildman–Crippen MR) is 111 cm³/mol. The van der Waals surface area contributed by atoms with Crippen molar-refractivity contribution >= 4 is 11.8 Å². The second kappa shape index (κ2) is 9.19. The van der Waals surface area contributed by atoms with Crippen molar-refractivity contribution in [2.75, 3.05) is 0 Å². The fourth-order valence-corrected chi connectivity index (χ4v) is 2.99. The van der Waals surface area contributed by atoms with Gasteiger partial charge < -0.3 is 15.2 Å². The highest BCUT2D eigenvalue weighted by Crippen LogP contribution is 2.21. The van der Waals surface area contributed by atoms with E-state index in [0.29, 0.717) is 12.2 Å². The molecule has 0 saturated carbocycles. The Kier molecular flexibility index (Phi) is 6.44. The van der Waals surface area contributed by atoms with E-state index in [1.165, 1.54) is 0 Å². The van der Waals surface area contributed by atoms with Crippen LogP contribution >= 0.6 is 0 Å². The fourth-order valence-electron chi connectivity index (χ4n) is 2.99. The lowest BCUT2D eigenvalue weighted by atomic mass is 10.0. The van der Waals surface area contributed by atoms with Crippen molar-refractivity contribution in [3.8, 4) is 11.3 Å². The van der Waals surface area contributed by atoms with Gasteiger partial charge in [-0.2, -0.15) is 0 Å². The maximum absolute atomic E-state index is 12.7. The smallest absolute Gasteiger partial charge is 0.274 e. The van der Waals surface area contributed by atoms with Crippen LogP contribution in [0.4, 0.5) is 0 Å². The number of rotatable bonds is 7. The molecule has 0 saturated heterocycles. The van der Waals surface area contributed by atoms with Crippen LogP contribution in [0.1, 0.15) is 35.5 Å². The summed E-state index contributed by atoms with van der Waals surface area (Å²) in [6, 6.07) is 18.2. The summed E-state index contributed by atoms with van der Waals surface area (Å²) in [5.74, 6) is -0.183. The number of aromatic nitrogens is 1. The Morgan fingerprint density at radius 1 is 1.00 bits per heavy atom. The van der Waals surface area contributed by atoms with E-state index < -0.39 is 11.9 Å². The van der Waals surface area contributed by atoms with E-state index in [9.17, 15) is 9.59 Å². The number of nitrogens with one attached hydrogen (secondary N) is 2. The molecule has 0 fully saturated rings. The SMILES string of the molecule is Cc1cccc(-c2cc(C(=O)NC(Cc3ccccc3)C(=O)NC(C)C)no2)c1. The minimum absolute atomic E-state index is 0.0300. The first-order valence-electron chi connectivity index (χ1n) is 9.61. The molecule has 1 unspecified atom stereocenters. The van der Waals surface area contributed by atoms with Gasteiger partial charge in [0, 0.05) is 24.1 Å². The zero-order valence-electron chi connectivity index (χ0n) is 16.8. The zero-order chi connectivity index (χ0) is 20.8. The van der Waals surface area contributed by atoms with Crippen LogP contribution in [-0.2, 0) is 11.2 Å². The molecule has 6 heteroatoms. The summed E-state index contributed by atoms with van der Waals surface area (Å²) in [4.78, 5) is 25.4. The lowest BCUT2D eigenvalue weighted by molar-refractivity contribution is -0.123. The van der Waals surface area contributed by atoms with Gasteiger partial charge in [0.15, 0.2) is 11.5 Å². The molecule has 0 aliphatic carbocycles. The Morgan fingerprint density at radius 3 is 2.45 bits per heavy atom. The highest BCUT2D eigenvalue weighted by Gasteiger charge is 2.24. The Hall–Kier alpha value is -3.41. The molecule has 2 amide bonds. The summed E-state index contributed by atoms with van der Waals surface area (Å²) >= 11 is 0. The number of carbonyl (C=O) groups is 2. The topological polar surface area (TPSA) is 84.2 Å². The normalized spacial score (nSPS) is 11.9. The van der Waals surface area contributed by atoms with Gasteiger partial charge in [-0.1, -0.05) is 59.3 Å². The average molecular weight is 391 g/mol. The molecule has 0 radical (unpaired) electrons. The van der Waals surface area contributed by atoms with E-state index >= 15 is 0 Å². The monoisotopic (exact) mass is 391 g/mol. The largest absolute Gasteiger partial charge is 0.355 e. The molecule has 0 aliphatic rings. The van der Waals surface area contributed by atoms with Gasteiger partial charge in [0.25, 0.3) is 5.91 Å². The maximum atomic E-state index is 12.7. The first-order chi connectivity index (χ1) is 13.9. The number of hydrogen-bond acceptors (Lipinski definition) is 4. The van der Waals surface area contributed by atoms with E-state index in [1.807, 2.05) is 75.4 Å². The number of carbonyl (C=O) groups excluding carboxylic acids is 2. The van der Waals surface area contributed by atoms with E-state index in [-0.39, 0.29) is 17.6 Å². The first kappa shape index (κ1) is 20.3. The summed E-state index contributed by atoms with van der Waals surface area (Å²) in [6.45, 7) is 5.74. The van der Waals surface area contributed by atoms with Crippen molar-refractivity contribution in [2.45, 2.75) is 39.3 Å². The van der Waals surface area contributed by atoms with Crippen LogP contribution in [0.15, 0.2) is 65.2 Å². The van der Waals surface area contributed by atoms with Crippen molar-refractivity contribution in [1.29, 1.82) is 0 Å². The van der Waals surface area contributed by atoms with E-state index in [0.717, 1.165) is 16.7 Å². The van der Waals surface area contributed by atoms with Crippen LogP contribution < -0.4 is 10.6 Å². The van der Waals surface area contributed by atoms with Crippen LogP contribution in [0.2, 0.25) is 0 Å². The molecule has 3 aromatic rings. The molecule has 3 rings (SSSR count). The Morgan fingerprint density at radius 2 is 1.76 bits per heavy atom. The minimum Gasteiger partial charge on any atom is -0.355 e. The summed E-state index contributed by atoms with van der Waals surface area (Å²) in [5, 5.41) is 9.53. The van der Waals surface area contributed by atoms with Crippen molar-refractivity contribution in [3.05, 3.63) is 77.5 Å². The number of amides is 2. The quantitative estimate of drug-likeness (QED) is 0.645. The van der Waals surface area contributed by atoms with Crippen LogP contribution in [0, 0.1) is 6.92 Å². The summed E-state index contributed by atoms with van der Waals surface area (Å²) in [7, 11) is 0. The second-order valence-corrected chi connectivity index (χ2v) is 7.32. The van der Waals surface area contributed by atoms with Crippen LogP contribution in [0.25, 0.3) is 11.3 Å². The van der Waals surface area contributed by atoms with Crippen molar-refractivity contribution < 1.29 is 14.1 Å². The number of aryl methyl sites for hydroxylation is 1. The molecule has 0 spiro atoms. The van der Waals surface area contributed by atoms with E-state index in [4.69, 9.17) is 4.52 Å². The third kappa shape index (κ3) is 5.54. The summed E-state index contributed by atoms with van der Waals surface area (Å²) in [5.41, 5.74) is 3.02. The van der Waals surface area contributed by atoms with Gasteiger partial charge in [-0.3, -0.25) is 9.59 Å². The third-order valence-electron chi connectivity index (χ3n) is 4.38. The number of benzene rings is 2. The minimum atomic E-state index is -0.716. The van der Waals surface area contributed by atoms with Gasteiger partial charge in [-0.05, 0) is 32.4 Å². The molecular weight excluding hydrogens is 366 g/mol. The molecule has 1 aromatic heterocycles. The molecule has 0 bridgehead atoms. The number of hydrogen-bond donors (Lipinski definition) is 2. The molecule has 6 nitrogen and oxygen atoms in total. The molecule has 150 valence electrons. The van der Waals surface area contributed by atoms with Crippen LogP contribution in [-0.4, -0.2) is 29.1 Å². The second-order valence-electron chi connectivity index (χ2n) is 7.32. The molecule has 0 aliphatic heterocycles. The van der Waals surface area contributed by atoms with Gasteiger partial charge in [0.1, 0.15) is 6.04 Å². The van der Waals surface area contributed by atoms with Gasteiger partial charge >= 0.3 is 0 Å². The van der Waals surface area contributed by atoms with Gasteiger partial charge in [0.05, 0.1) is 0 Å². The number of nitrogens with zero attached hydrogens (tertiary/aromatic N) is 1. The van der Waals surface area contributed by atoms with Crippen LogP contribution in [0.3, 0.4) is 0 Å². The first-order valence-corrected chi connectivity index (χ1v) is 9.61. The maximum Gasteiger partial charge on any atom is 0.274 e. The standard InChI is InChI=1S/C23H25N3O3/c1-15(2)24-22(27)19(13-17-9-5-4-6-10-17)25-23(28)20-14-21(29-26-20)18-11-7-8-16(3)12-18/h4-12,14-15,19H,13H2,1-3H3,(H,24,27)(H,25,28). The third-order valence-corrected chi connectivity index (χ3v) is 4.38. The molecule has 29 heavy (non-hydrogen) atoms.